The second-order valence-electron chi connectivity index (χ2n) is 4.70. The van der Waals surface area contributed by atoms with E-state index in [9.17, 15) is 25.2 Å². The fourth-order valence-electron chi connectivity index (χ4n) is 1.95. The molecule has 110 valence electrons. The van der Waals surface area contributed by atoms with Gasteiger partial charge in [0.05, 0.1) is 0 Å². The zero-order valence-corrected chi connectivity index (χ0v) is 10.8. The molecule has 7 nitrogen and oxygen atoms in total. The van der Waals surface area contributed by atoms with Gasteiger partial charge in [-0.25, -0.2) is 0 Å². The van der Waals surface area contributed by atoms with Gasteiger partial charge in [-0.2, -0.15) is 0 Å². The van der Waals surface area contributed by atoms with Gasteiger partial charge in [0.2, 0.25) is 0 Å². The van der Waals surface area contributed by atoms with E-state index in [2.05, 4.69) is 5.32 Å². The third kappa shape index (κ3) is 2.97. The minimum Gasteiger partial charge on any atom is -0.387 e. The van der Waals surface area contributed by atoms with Gasteiger partial charge >= 0.3 is 0 Å². The molecular formula is C13H17NO6. The Balaban J connectivity index is 2.07. The highest BCUT2D eigenvalue weighted by Gasteiger charge is 2.42. The van der Waals surface area contributed by atoms with E-state index in [0.717, 1.165) is 0 Å². The predicted octanol–water partition coefficient (Wildman–Crippen LogP) is -0.942. The summed E-state index contributed by atoms with van der Waals surface area (Å²) in [5, 5.41) is 40.8. The molecule has 1 aromatic rings. The molecule has 0 spiro atoms. The molecule has 1 saturated heterocycles. The number of hydrogen-bond acceptors (Lipinski definition) is 7. The Morgan fingerprint density at radius 2 is 1.65 bits per heavy atom. The van der Waals surface area contributed by atoms with Crippen LogP contribution >= 0.6 is 0 Å². The van der Waals surface area contributed by atoms with Crippen molar-refractivity contribution in [3.8, 4) is 0 Å². The van der Waals surface area contributed by atoms with Crippen LogP contribution in [0.15, 0.2) is 24.3 Å². The Hall–Kier alpha value is -1.51. The fraction of sp³-hybridized carbons (Fsp3) is 0.462. The van der Waals surface area contributed by atoms with E-state index in [1.54, 1.807) is 24.3 Å². The van der Waals surface area contributed by atoms with Crippen LogP contribution in [0.25, 0.3) is 0 Å². The topological polar surface area (TPSA) is 119 Å². The Morgan fingerprint density at radius 1 is 1.05 bits per heavy atom. The minimum absolute atomic E-state index is 0.0699. The number of benzene rings is 1. The second-order valence-corrected chi connectivity index (χ2v) is 4.70. The number of ketones is 1. The number of hydrogen-bond donors (Lipinski definition) is 5. The van der Waals surface area contributed by atoms with Crippen molar-refractivity contribution < 1.29 is 30.0 Å². The standard InChI is InChI=1S/C13H17NO6/c1-6(15)7-2-4-8(5-3-7)14-12-10(17)9(16)11(18)13(19)20-12/h2-5,9-14,16-19H,1H3/t9-,10+,11+,12+,13-/m0/s1. The number of nitrogens with one attached hydrogen (secondary N) is 1. The molecule has 20 heavy (non-hydrogen) atoms. The molecule has 7 heteroatoms. The molecular weight excluding hydrogens is 266 g/mol. The van der Waals surface area contributed by atoms with E-state index >= 15 is 0 Å². The molecule has 2 rings (SSSR count). The number of ether oxygens (including phenoxy) is 1. The average molecular weight is 283 g/mol. The maximum Gasteiger partial charge on any atom is 0.186 e. The molecule has 0 aliphatic carbocycles. The number of Topliss-reactive ketones (excluding diaryl/α,β-unsaturated/α-hetero) is 1. The largest absolute Gasteiger partial charge is 0.387 e. The van der Waals surface area contributed by atoms with Gasteiger partial charge in [-0.15, -0.1) is 0 Å². The Kier molecular flexibility index (Phi) is 4.36. The van der Waals surface area contributed by atoms with E-state index in [1.165, 1.54) is 6.92 Å². The molecule has 0 aromatic heterocycles. The zero-order valence-electron chi connectivity index (χ0n) is 10.8. The Labute approximate surface area is 115 Å². The number of aliphatic hydroxyl groups excluding tert-OH is 4. The van der Waals surface area contributed by atoms with Crippen molar-refractivity contribution >= 4 is 11.5 Å². The first kappa shape index (κ1) is 14.9. The van der Waals surface area contributed by atoms with Crippen LogP contribution in [-0.2, 0) is 4.74 Å². The Bertz CT molecular complexity index is 476. The first-order valence-electron chi connectivity index (χ1n) is 6.15. The van der Waals surface area contributed by atoms with Crippen LogP contribution in [0, 0.1) is 0 Å². The molecule has 1 fully saturated rings. The van der Waals surface area contributed by atoms with Crippen molar-refractivity contribution in [1.29, 1.82) is 0 Å². The van der Waals surface area contributed by atoms with Crippen LogP contribution in [0.1, 0.15) is 17.3 Å². The van der Waals surface area contributed by atoms with Crippen LogP contribution in [-0.4, -0.2) is 57.0 Å². The summed E-state index contributed by atoms with van der Waals surface area (Å²) in [5.74, 6) is -0.0699. The third-order valence-electron chi connectivity index (χ3n) is 3.19. The molecule has 0 saturated carbocycles. The molecule has 1 aromatic carbocycles. The number of aliphatic hydroxyl groups is 4. The zero-order chi connectivity index (χ0) is 14.9. The van der Waals surface area contributed by atoms with Crippen LogP contribution < -0.4 is 5.32 Å². The molecule has 1 heterocycles. The van der Waals surface area contributed by atoms with Gasteiger partial charge in [0.1, 0.15) is 18.3 Å². The maximum absolute atomic E-state index is 11.1. The Morgan fingerprint density at radius 3 is 2.20 bits per heavy atom. The number of carbonyl (C=O) groups excluding carboxylic acids is 1. The van der Waals surface area contributed by atoms with Crippen LogP contribution in [0.3, 0.4) is 0 Å². The van der Waals surface area contributed by atoms with Crippen molar-refractivity contribution in [3.63, 3.8) is 0 Å². The summed E-state index contributed by atoms with van der Waals surface area (Å²) in [4.78, 5) is 11.1. The number of rotatable bonds is 3. The summed E-state index contributed by atoms with van der Waals surface area (Å²) in [6, 6.07) is 6.41. The van der Waals surface area contributed by atoms with E-state index in [0.29, 0.717) is 11.3 Å². The molecule has 0 bridgehead atoms. The average Bonchev–Trinajstić information content (AvgIpc) is 2.43. The second kappa shape index (κ2) is 5.86. The van der Waals surface area contributed by atoms with Crippen LogP contribution in [0.2, 0.25) is 0 Å². The lowest BCUT2D eigenvalue weighted by atomic mass is 10.0. The maximum atomic E-state index is 11.1. The van der Waals surface area contributed by atoms with Crippen molar-refractivity contribution in [3.05, 3.63) is 29.8 Å². The van der Waals surface area contributed by atoms with Crippen LogP contribution in [0.4, 0.5) is 5.69 Å². The third-order valence-corrected chi connectivity index (χ3v) is 3.19. The first-order chi connectivity index (χ1) is 9.40. The van der Waals surface area contributed by atoms with Gasteiger partial charge in [-0.1, -0.05) is 0 Å². The minimum atomic E-state index is -1.60. The van der Waals surface area contributed by atoms with Crippen LogP contribution in [0.5, 0.6) is 0 Å². The lowest BCUT2D eigenvalue weighted by molar-refractivity contribution is -0.275. The lowest BCUT2D eigenvalue weighted by Gasteiger charge is -2.38. The highest BCUT2D eigenvalue weighted by Crippen LogP contribution is 2.22. The molecule has 0 amide bonds. The summed E-state index contributed by atoms with van der Waals surface area (Å²) >= 11 is 0. The van der Waals surface area contributed by atoms with Gasteiger partial charge in [0.25, 0.3) is 0 Å². The molecule has 1 aliphatic heterocycles. The molecule has 0 unspecified atom stereocenters. The smallest absolute Gasteiger partial charge is 0.186 e. The predicted molar refractivity (Wildman–Crippen MR) is 69.0 cm³/mol. The SMILES string of the molecule is CC(=O)c1ccc(N[C@@H]2O[C@H](O)[C@H](O)[C@@H](O)[C@H]2O)cc1. The quantitative estimate of drug-likeness (QED) is 0.454. The van der Waals surface area contributed by atoms with Gasteiger partial charge in [0, 0.05) is 11.3 Å². The van der Waals surface area contributed by atoms with Gasteiger partial charge < -0.3 is 30.5 Å². The molecule has 5 atom stereocenters. The normalized spacial score (nSPS) is 33.8. The van der Waals surface area contributed by atoms with E-state index < -0.39 is 30.8 Å². The summed E-state index contributed by atoms with van der Waals surface area (Å²) in [5.41, 5.74) is 1.07. The van der Waals surface area contributed by atoms with E-state index in [4.69, 9.17) is 4.74 Å². The van der Waals surface area contributed by atoms with E-state index in [-0.39, 0.29) is 5.78 Å². The van der Waals surface area contributed by atoms with Gasteiger partial charge in [-0.3, -0.25) is 4.79 Å². The van der Waals surface area contributed by atoms with E-state index in [1.807, 2.05) is 0 Å². The number of anilines is 1. The van der Waals surface area contributed by atoms with Crippen molar-refractivity contribution in [1.82, 2.24) is 0 Å². The monoisotopic (exact) mass is 283 g/mol. The first-order valence-corrected chi connectivity index (χ1v) is 6.15. The summed E-state index contributed by atoms with van der Waals surface area (Å²) in [7, 11) is 0. The summed E-state index contributed by atoms with van der Waals surface area (Å²) in [6.07, 6.45) is -7.16. The fourth-order valence-corrected chi connectivity index (χ4v) is 1.95. The van der Waals surface area contributed by atoms with Gasteiger partial charge in [0.15, 0.2) is 18.3 Å². The summed E-state index contributed by atoms with van der Waals surface area (Å²) in [6.45, 7) is 1.45. The molecule has 0 radical (unpaired) electrons. The highest BCUT2D eigenvalue weighted by molar-refractivity contribution is 5.94. The van der Waals surface area contributed by atoms with Gasteiger partial charge in [-0.05, 0) is 31.2 Å². The molecule has 5 N–H and O–H groups in total. The molecule has 1 aliphatic rings. The number of carbonyl (C=O) groups is 1. The van der Waals surface area contributed by atoms with Crippen molar-refractivity contribution in [2.75, 3.05) is 5.32 Å². The van der Waals surface area contributed by atoms with Crippen molar-refractivity contribution in [2.45, 2.75) is 37.8 Å². The van der Waals surface area contributed by atoms with Crippen molar-refractivity contribution in [2.24, 2.45) is 0 Å². The highest BCUT2D eigenvalue weighted by atomic mass is 16.6. The lowest BCUT2D eigenvalue weighted by Crippen LogP contribution is -2.59. The summed E-state index contributed by atoms with van der Waals surface area (Å²) < 4.78 is 4.98.